The summed E-state index contributed by atoms with van der Waals surface area (Å²) in [5.41, 5.74) is 1.26. The smallest absolute Gasteiger partial charge is 0.246 e. The largest absolute Gasteiger partial charge is 0.324 e. The fraction of sp³-hybridized carbons (Fsp3) is 0.375. The number of hydrogen-bond donors (Lipinski definition) is 3. The monoisotopic (exact) mass is 401 g/mol. The molecular formula is C16H24ClN5O3S. The first-order valence-electron chi connectivity index (χ1n) is 7.93. The maximum Gasteiger partial charge on any atom is 0.246 e. The average Bonchev–Trinajstić information content (AvgIpc) is 3.00. The zero-order valence-corrected chi connectivity index (χ0v) is 16.5. The van der Waals surface area contributed by atoms with Gasteiger partial charge >= 0.3 is 0 Å². The number of carbonyl (C=O) groups is 1. The van der Waals surface area contributed by atoms with Crippen molar-refractivity contribution in [2.45, 2.75) is 24.3 Å². The molecule has 0 saturated heterocycles. The third-order valence-electron chi connectivity index (χ3n) is 3.58. The minimum Gasteiger partial charge on any atom is -0.324 e. The van der Waals surface area contributed by atoms with E-state index in [4.69, 9.17) is 0 Å². The summed E-state index contributed by atoms with van der Waals surface area (Å²) in [7, 11) is -0.0505. The second kappa shape index (κ2) is 9.67. The summed E-state index contributed by atoms with van der Waals surface area (Å²) in [5.74, 6) is -0.254. The van der Waals surface area contributed by atoms with Gasteiger partial charge in [0.15, 0.2) is 0 Å². The minimum atomic E-state index is -3.51. The van der Waals surface area contributed by atoms with Crippen LogP contribution in [-0.2, 0) is 21.9 Å². The van der Waals surface area contributed by atoms with E-state index in [1.165, 1.54) is 12.1 Å². The Bertz CT molecular complexity index is 821. The van der Waals surface area contributed by atoms with Crippen molar-refractivity contribution in [2.24, 2.45) is 7.05 Å². The first-order valence-corrected chi connectivity index (χ1v) is 9.42. The molecule has 144 valence electrons. The number of carbonyl (C=O) groups excluding carboxylic acids is 1. The molecular weight excluding hydrogens is 378 g/mol. The summed E-state index contributed by atoms with van der Waals surface area (Å²) >= 11 is 0. The van der Waals surface area contributed by atoms with E-state index in [-0.39, 0.29) is 23.2 Å². The van der Waals surface area contributed by atoms with Crippen molar-refractivity contribution in [3.8, 4) is 0 Å². The van der Waals surface area contributed by atoms with Crippen molar-refractivity contribution in [1.82, 2.24) is 19.8 Å². The lowest BCUT2D eigenvalue weighted by molar-refractivity contribution is -0.118. The average molecular weight is 402 g/mol. The molecule has 0 aliphatic carbocycles. The van der Waals surface area contributed by atoms with Gasteiger partial charge in [-0.2, -0.15) is 5.10 Å². The molecule has 1 aromatic carbocycles. The number of aryl methyl sites for hydroxylation is 1. The van der Waals surface area contributed by atoms with Gasteiger partial charge in [-0.3, -0.25) is 9.48 Å². The third kappa shape index (κ3) is 5.53. The molecule has 0 saturated carbocycles. The number of amides is 1. The Hall–Kier alpha value is -1.94. The normalized spacial score (nSPS) is 12.3. The van der Waals surface area contributed by atoms with Crippen LogP contribution in [0.1, 0.15) is 24.9 Å². The molecule has 0 radical (unpaired) electrons. The minimum absolute atomic E-state index is 0. The fourth-order valence-corrected chi connectivity index (χ4v) is 3.42. The Balaban J connectivity index is 0.00000338. The van der Waals surface area contributed by atoms with Gasteiger partial charge in [-0.1, -0.05) is 6.92 Å². The number of hydrogen-bond acceptors (Lipinski definition) is 5. The van der Waals surface area contributed by atoms with Gasteiger partial charge in [-0.25, -0.2) is 13.1 Å². The Morgan fingerprint density at radius 1 is 1.27 bits per heavy atom. The zero-order chi connectivity index (χ0) is 18.4. The molecule has 0 bridgehead atoms. The predicted octanol–water partition coefficient (Wildman–Crippen LogP) is 1.43. The predicted molar refractivity (Wildman–Crippen MR) is 103 cm³/mol. The van der Waals surface area contributed by atoms with Gasteiger partial charge in [0.1, 0.15) is 6.04 Å². The molecule has 10 heteroatoms. The molecule has 2 aromatic rings. The third-order valence-corrected chi connectivity index (χ3v) is 5.06. The molecule has 0 spiro atoms. The molecule has 0 aliphatic rings. The Labute approximate surface area is 159 Å². The summed E-state index contributed by atoms with van der Waals surface area (Å²) in [6.45, 7) is 2.28. The second-order valence-electron chi connectivity index (χ2n) is 5.58. The lowest BCUT2D eigenvalue weighted by atomic mass is 10.1. The summed E-state index contributed by atoms with van der Waals surface area (Å²) in [5, 5.41) is 9.77. The van der Waals surface area contributed by atoms with Crippen LogP contribution in [0.25, 0.3) is 0 Å². The van der Waals surface area contributed by atoms with Crippen LogP contribution in [0.2, 0.25) is 0 Å². The van der Waals surface area contributed by atoms with Gasteiger partial charge in [0.05, 0.1) is 11.1 Å². The molecule has 1 amide bonds. The van der Waals surface area contributed by atoms with Gasteiger partial charge in [0, 0.05) is 31.0 Å². The van der Waals surface area contributed by atoms with Crippen LogP contribution in [0.15, 0.2) is 41.6 Å². The van der Waals surface area contributed by atoms with Crippen LogP contribution in [0.5, 0.6) is 0 Å². The molecule has 0 fully saturated rings. The van der Waals surface area contributed by atoms with Gasteiger partial charge in [0.25, 0.3) is 0 Å². The van der Waals surface area contributed by atoms with Crippen molar-refractivity contribution >= 4 is 34.0 Å². The van der Waals surface area contributed by atoms with Gasteiger partial charge < -0.3 is 10.6 Å². The summed E-state index contributed by atoms with van der Waals surface area (Å²) < 4.78 is 28.2. The zero-order valence-electron chi connectivity index (χ0n) is 14.9. The van der Waals surface area contributed by atoms with Crippen molar-refractivity contribution in [3.05, 3.63) is 42.2 Å². The molecule has 2 rings (SSSR count). The summed E-state index contributed by atoms with van der Waals surface area (Å²) in [6, 6.07) is 5.50. The van der Waals surface area contributed by atoms with Crippen LogP contribution in [-0.4, -0.2) is 37.7 Å². The summed E-state index contributed by atoms with van der Waals surface area (Å²) in [4.78, 5) is 12.6. The van der Waals surface area contributed by atoms with Crippen molar-refractivity contribution in [2.75, 3.05) is 18.9 Å². The molecule has 1 unspecified atom stereocenters. The van der Waals surface area contributed by atoms with Crippen molar-refractivity contribution < 1.29 is 13.2 Å². The molecule has 3 N–H and O–H groups in total. The highest BCUT2D eigenvalue weighted by molar-refractivity contribution is 7.89. The molecule has 1 atom stereocenters. The fourth-order valence-electron chi connectivity index (χ4n) is 2.29. The van der Waals surface area contributed by atoms with E-state index in [2.05, 4.69) is 20.5 Å². The van der Waals surface area contributed by atoms with E-state index in [0.29, 0.717) is 18.7 Å². The number of halogens is 1. The maximum atomic E-state index is 12.4. The van der Waals surface area contributed by atoms with E-state index in [0.717, 1.165) is 5.56 Å². The van der Waals surface area contributed by atoms with Crippen LogP contribution >= 0.6 is 12.4 Å². The summed E-state index contributed by atoms with van der Waals surface area (Å²) in [6.07, 6.45) is 4.10. The Morgan fingerprint density at radius 3 is 2.42 bits per heavy atom. The number of nitrogens with zero attached hydrogens (tertiary/aromatic N) is 2. The van der Waals surface area contributed by atoms with E-state index in [1.54, 1.807) is 43.3 Å². The molecule has 26 heavy (non-hydrogen) atoms. The van der Waals surface area contributed by atoms with Crippen molar-refractivity contribution in [1.29, 1.82) is 0 Å². The lowest BCUT2D eigenvalue weighted by Crippen LogP contribution is -2.30. The van der Waals surface area contributed by atoms with Gasteiger partial charge in [-0.15, -0.1) is 12.4 Å². The van der Waals surface area contributed by atoms with E-state index in [1.807, 2.05) is 6.92 Å². The standard InChI is InChI=1S/C16H23N5O3S.ClH/c1-4-9-19-25(23,24)14-7-5-13(6-8-14)20-16(22)15(17-2)12-10-18-21(3)11-12;/h5-8,10-11,15,17,19H,4,9H2,1-3H3,(H,20,22);1H. The second-order valence-corrected chi connectivity index (χ2v) is 7.35. The SMILES string of the molecule is CCCNS(=O)(=O)c1ccc(NC(=O)C(NC)c2cnn(C)c2)cc1.Cl. The molecule has 0 aliphatic heterocycles. The van der Waals surface area contributed by atoms with Crippen LogP contribution in [0, 0.1) is 0 Å². The molecule has 8 nitrogen and oxygen atoms in total. The number of anilines is 1. The maximum absolute atomic E-state index is 12.4. The highest BCUT2D eigenvalue weighted by Gasteiger charge is 2.20. The highest BCUT2D eigenvalue weighted by Crippen LogP contribution is 2.17. The van der Waals surface area contributed by atoms with Crippen LogP contribution in [0.4, 0.5) is 5.69 Å². The molecule has 1 aromatic heterocycles. The first kappa shape index (κ1) is 22.1. The lowest BCUT2D eigenvalue weighted by Gasteiger charge is -2.15. The van der Waals surface area contributed by atoms with Crippen LogP contribution < -0.4 is 15.4 Å². The van der Waals surface area contributed by atoms with E-state index < -0.39 is 16.1 Å². The number of sulfonamides is 1. The van der Waals surface area contributed by atoms with Crippen LogP contribution in [0.3, 0.4) is 0 Å². The number of nitrogens with one attached hydrogen (secondary N) is 3. The number of benzene rings is 1. The quantitative estimate of drug-likeness (QED) is 0.620. The Morgan fingerprint density at radius 2 is 1.92 bits per heavy atom. The van der Waals surface area contributed by atoms with Gasteiger partial charge in [-0.05, 0) is 37.7 Å². The number of likely N-dealkylation sites (N-methyl/N-ethyl adjacent to an activating group) is 1. The van der Waals surface area contributed by atoms with Crippen molar-refractivity contribution in [3.63, 3.8) is 0 Å². The number of aromatic nitrogens is 2. The Kier molecular flexibility index (Phi) is 8.22. The topological polar surface area (TPSA) is 105 Å². The van der Waals surface area contributed by atoms with Gasteiger partial charge in [0.2, 0.25) is 15.9 Å². The van der Waals surface area contributed by atoms with E-state index in [9.17, 15) is 13.2 Å². The van der Waals surface area contributed by atoms with E-state index >= 15 is 0 Å². The highest BCUT2D eigenvalue weighted by atomic mass is 35.5. The molecule has 1 heterocycles. The first-order chi connectivity index (χ1) is 11.9. The number of rotatable bonds is 8.